The molecule has 0 radical (unpaired) electrons. The van der Waals surface area contributed by atoms with Gasteiger partial charge in [0.1, 0.15) is 24.2 Å². The molecular formula is C38H40F2N8O7S. The van der Waals surface area contributed by atoms with E-state index >= 15 is 4.39 Å². The summed E-state index contributed by atoms with van der Waals surface area (Å²) in [5.74, 6) is -2.97. The fraction of sp³-hybridized carbons (Fsp3) is 0.342. The maximum atomic E-state index is 15.2. The molecule has 56 heavy (non-hydrogen) atoms. The molecule has 0 aliphatic heterocycles. The van der Waals surface area contributed by atoms with Gasteiger partial charge in [0, 0.05) is 35.4 Å². The van der Waals surface area contributed by atoms with Crippen LogP contribution in [0.15, 0.2) is 72.1 Å². The van der Waals surface area contributed by atoms with Gasteiger partial charge in [-0.15, -0.1) is 0 Å². The number of esters is 1. The molecule has 1 fully saturated rings. The smallest absolute Gasteiger partial charge is 0.408 e. The minimum Gasteiger partial charge on any atom is -0.467 e. The Labute approximate surface area is 321 Å². The van der Waals surface area contributed by atoms with Crippen molar-refractivity contribution in [1.29, 1.82) is 0 Å². The number of alkyl carbamates (subject to hydrolysis) is 1. The third kappa shape index (κ3) is 8.91. The Morgan fingerprint density at radius 3 is 2.48 bits per heavy atom. The molecule has 2 amide bonds. The molecule has 18 heteroatoms. The summed E-state index contributed by atoms with van der Waals surface area (Å²) >= 11 is 0. The van der Waals surface area contributed by atoms with Crippen LogP contribution in [-0.2, 0) is 30.9 Å². The van der Waals surface area contributed by atoms with Crippen LogP contribution < -0.4 is 16.0 Å². The molecule has 15 nitrogen and oxygen atoms in total. The number of benzene rings is 1. The van der Waals surface area contributed by atoms with Crippen molar-refractivity contribution in [1.82, 2.24) is 34.5 Å². The Bertz CT molecular complexity index is 2370. The molecule has 6 rings (SSSR count). The number of ether oxygens (including phenoxy) is 2. The minimum atomic E-state index is -4.17. The minimum absolute atomic E-state index is 0.00517. The Hall–Kier alpha value is -6.04. The van der Waals surface area contributed by atoms with Gasteiger partial charge in [0.05, 0.1) is 24.4 Å². The van der Waals surface area contributed by atoms with Gasteiger partial charge < -0.3 is 25.4 Å². The van der Waals surface area contributed by atoms with E-state index in [9.17, 15) is 27.2 Å². The molecule has 4 heterocycles. The molecule has 4 aromatic heterocycles. The number of carbonyl (C=O) groups excluding carboxylic acids is 3. The summed E-state index contributed by atoms with van der Waals surface area (Å²) in [5.41, 5.74) is 1.52. The van der Waals surface area contributed by atoms with Crippen LogP contribution in [0.5, 0.6) is 0 Å². The highest BCUT2D eigenvalue weighted by molar-refractivity contribution is 7.90. The lowest BCUT2D eigenvalue weighted by Crippen LogP contribution is -2.45. The van der Waals surface area contributed by atoms with Crippen molar-refractivity contribution in [2.24, 2.45) is 5.92 Å². The number of aromatic nitrogens is 5. The van der Waals surface area contributed by atoms with Crippen molar-refractivity contribution >= 4 is 44.8 Å². The number of aryl methyl sites for hydroxylation is 1. The van der Waals surface area contributed by atoms with Crippen LogP contribution >= 0.6 is 0 Å². The van der Waals surface area contributed by atoms with Crippen molar-refractivity contribution in [3.63, 3.8) is 0 Å². The molecule has 5 aromatic rings. The second-order valence-electron chi connectivity index (χ2n) is 13.8. The van der Waals surface area contributed by atoms with Crippen LogP contribution in [-0.4, -0.2) is 75.5 Å². The Kier molecular flexibility index (Phi) is 11.9. The summed E-state index contributed by atoms with van der Waals surface area (Å²) in [6.45, 7) is 5.14. The van der Waals surface area contributed by atoms with Crippen LogP contribution in [0.25, 0.3) is 22.4 Å². The predicted octanol–water partition coefficient (Wildman–Crippen LogP) is 5.29. The number of halogens is 2. The SMILES string of the molecule is COC(=O)[C@H](NC(=O)OCc1ccnc(C(=O)N[C@@H]2CCC[C@H](Nc3nc(-c4cn(S(=O)(=O)c5ccc(C)cc5)c5ncc(F)cc45)ncc3F)C2)c1)C(C)C. The molecule has 1 aliphatic rings. The van der Waals surface area contributed by atoms with Crippen LogP contribution in [0.3, 0.4) is 0 Å². The molecule has 3 N–H and O–H groups in total. The Morgan fingerprint density at radius 2 is 1.75 bits per heavy atom. The lowest BCUT2D eigenvalue weighted by atomic mass is 9.91. The number of hydrogen-bond donors (Lipinski definition) is 3. The predicted molar refractivity (Wildman–Crippen MR) is 200 cm³/mol. The van der Waals surface area contributed by atoms with Gasteiger partial charge >= 0.3 is 12.1 Å². The topological polar surface area (TPSA) is 196 Å². The third-order valence-electron chi connectivity index (χ3n) is 9.31. The van der Waals surface area contributed by atoms with E-state index in [0.29, 0.717) is 31.2 Å². The number of anilines is 1. The van der Waals surface area contributed by atoms with Gasteiger partial charge in [0.15, 0.2) is 23.1 Å². The maximum absolute atomic E-state index is 15.2. The number of nitrogens with one attached hydrogen (secondary N) is 3. The highest BCUT2D eigenvalue weighted by atomic mass is 32.2. The highest BCUT2D eigenvalue weighted by Gasteiger charge is 2.28. The number of hydrogen-bond acceptors (Lipinski definition) is 12. The van der Waals surface area contributed by atoms with Crippen molar-refractivity contribution in [2.45, 2.75) is 76.1 Å². The number of nitrogens with zero attached hydrogens (tertiary/aromatic N) is 5. The van der Waals surface area contributed by atoms with Gasteiger partial charge in [-0.25, -0.2) is 45.7 Å². The quantitative estimate of drug-likeness (QED) is 0.138. The first kappa shape index (κ1) is 39.6. The fourth-order valence-electron chi connectivity index (χ4n) is 6.37. The summed E-state index contributed by atoms with van der Waals surface area (Å²) in [4.78, 5) is 54.3. The van der Waals surface area contributed by atoms with Crippen LogP contribution in [0.1, 0.15) is 61.1 Å². The van der Waals surface area contributed by atoms with E-state index in [1.807, 2.05) is 6.92 Å². The number of rotatable bonds is 12. The van der Waals surface area contributed by atoms with E-state index in [4.69, 9.17) is 9.47 Å². The van der Waals surface area contributed by atoms with Crippen LogP contribution in [0, 0.1) is 24.5 Å². The standard InChI is InChI=1S/C38H40F2N8O7S/c1-21(2)32(37(50)54-4)46-38(51)55-20-23-12-13-41-31(14-23)36(49)45-26-7-5-6-25(16-26)44-34-30(40)18-42-33(47-34)29-19-48(35-28(29)15-24(39)17-43-35)56(52,53)27-10-8-22(3)9-11-27/h8-15,17-19,21,25-26,32H,5-7,16,20H2,1-4H3,(H,45,49)(H,46,51)(H,42,44,47)/t25-,26+,32+/m0/s1. The van der Waals surface area contributed by atoms with Crippen LogP contribution in [0.4, 0.5) is 19.4 Å². The van der Waals surface area contributed by atoms with E-state index in [1.165, 1.54) is 37.7 Å². The Balaban J connectivity index is 1.13. The Morgan fingerprint density at radius 1 is 1.00 bits per heavy atom. The fourth-order valence-corrected chi connectivity index (χ4v) is 7.70. The van der Waals surface area contributed by atoms with Gasteiger partial charge in [-0.2, -0.15) is 0 Å². The molecule has 1 aromatic carbocycles. The molecule has 0 saturated heterocycles. The molecule has 0 unspecified atom stereocenters. The molecular weight excluding hydrogens is 751 g/mol. The van der Waals surface area contributed by atoms with Crippen molar-refractivity contribution < 1.29 is 41.1 Å². The number of methoxy groups -OCH3 is 1. The summed E-state index contributed by atoms with van der Waals surface area (Å²) in [6, 6.07) is 8.91. The molecule has 3 atom stereocenters. The van der Waals surface area contributed by atoms with E-state index < -0.39 is 45.7 Å². The lowest BCUT2D eigenvalue weighted by molar-refractivity contribution is -0.144. The average Bonchev–Trinajstić information content (AvgIpc) is 3.56. The summed E-state index contributed by atoms with van der Waals surface area (Å²) in [5, 5.41) is 8.67. The maximum Gasteiger partial charge on any atom is 0.408 e. The normalized spacial score (nSPS) is 16.3. The van der Waals surface area contributed by atoms with Crippen molar-refractivity contribution in [2.75, 3.05) is 12.4 Å². The first-order chi connectivity index (χ1) is 26.7. The van der Waals surface area contributed by atoms with Gasteiger partial charge in [-0.1, -0.05) is 31.5 Å². The number of carbonyl (C=O) groups is 3. The first-order valence-corrected chi connectivity index (χ1v) is 19.2. The van der Waals surface area contributed by atoms with Gasteiger partial charge in [-0.3, -0.25) is 9.78 Å². The van der Waals surface area contributed by atoms with Gasteiger partial charge in [0.25, 0.3) is 15.9 Å². The monoisotopic (exact) mass is 790 g/mol. The number of amides is 2. The van der Waals surface area contributed by atoms with E-state index in [2.05, 4.69) is 35.9 Å². The number of fused-ring (bicyclic) bond motifs is 1. The summed E-state index contributed by atoms with van der Waals surface area (Å²) < 4.78 is 67.9. The second-order valence-corrected chi connectivity index (χ2v) is 15.6. The van der Waals surface area contributed by atoms with Gasteiger partial charge in [-0.05, 0) is 74.4 Å². The molecule has 0 spiro atoms. The summed E-state index contributed by atoms with van der Waals surface area (Å²) in [6.07, 6.45) is 6.07. The molecule has 1 aliphatic carbocycles. The van der Waals surface area contributed by atoms with Crippen LogP contribution in [0.2, 0.25) is 0 Å². The third-order valence-corrected chi connectivity index (χ3v) is 11.0. The van der Waals surface area contributed by atoms with Gasteiger partial charge in [0.2, 0.25) is 0 Å². The lowest BCUT2D eigenvalue weighted by Gasteiger charge is -2.30. The largest absolute Gasteiger partial charge is 0.467 e. The zero-order valence-corrected chi connectivity index (χ0v) is 31.8. The number of pyridine rings is 2. The van der Waals surface area contributed by atoms with Crippen molar-refractivity contribution in [3.05, 3.63) is 95.7 Å². The average molecular weight is 791 g/mol. The van der Waals surface area contributed by atoms with E-state index in [1.54, 1.807) is 32.0 Å². The first-order valence-electron chi connectivity index (χ1n) is 17.8. The zero-order chi connectivity index (χ0) is 40.1. The second kappa shape index (κ2) is 16.8. The van der Waals surface area contributed by atoms with E-state index in [0.717, 1.165) is 28.0 Å². The highest BCUT2D eigenvalue weighted by Crippen LogP contribution is 2.32. The molecule has 1 saturated carbocycles. The summed E-state index contributed by atoms with van der Waals surface area (Å²) in [7, 11) is -2.94. The zero-order valence-electron chi connectivity index (χ0n) is 31.0. The van der Waals surface area contributed by atoms with Crippen molar-refractivity contribution in [3.8, 4) is 11.4 Å². The molecule has 294 valence electrons. The van der Waals surface area contributed by atoms with E-state index in [-0.39, 0.29) is 63.4 Å². The molecule has 0 bridgehead atoms.